The first-order valence-corrected chi connectivity index (χ1v) is 9.20. The Labute approximate surface area is 160 Å². The molecule has 0 radical (unpaired) electrons. The fourth-order valence-electron chi connectivity index (χ4n) is 3.53. The normalized spacial score (nSPS) is 15.3. The second kappa shape index (κ2) is 7.92. The maximum Gasteiger partial charge on any atom is 0.274 e. The Kier molecular flexibility index (Phi) is 5.18. The predicted octanol–water partition coefficient (Wildman–Crippen LogP) is 3.38. The number of halogens is 2. The molecule has 0 unspecified atom stereocenters. The van der Waals surface area contributed by atoms with E-state index >= 15 is 0 Å². The predicted molar refractivity (Wildman–Crippen MR) is 99.5 cm³/mol. The zero-order valence-corrected chi connectivity index (χ0v) is 15.2. The van der Waals surface area contributed by atoms with E-state index in [1.165, 1.54) is 23.2 Å². The Morgan fingerprint density at radius 3 is 2.75 bits per heavy atom. The maximum absolute atomic E-state index is 12.7. The van der Waals surface area contributed by atoms with Gasteiger partial charge in [0.1, 0.15) is 17.5 Å². The number of piperidine rings is 1. The lowest BCUT2D eigenvalue weighted by atomic mass is 10.1. The second-order valence-electron chi connectivity index (χ2n) is 6.75. The summed E-state index contributed by atoms with van der Waals surface area (Å²) in [6, 6.07) is 7.28. The highest BCUT2D eigenvalue weighted by Gasteiger charge is 2.26. The van der Waals surface area contributed by atoms with Crippen LogP contribution in [-0.2, 0) is 6.54 Å². The fraction of sp³-hybridized carbons (Fsp3) is 0.350. The van der Waals surface area contributed by atoms with Crippen LogP contribution in [-0.4, -0.2) is 51.0 Å². The van der Waals surface area contributed by atoms with Gasteiger partial charge in [-0.15, -0.1) is 0 Å². The summed E-state index contributed by atoms with van der Waals surface area (Å²) in [6.45, 7) is 0.806. The molecular formula is C20H20F2N4O2. The number of likely N-dealkylation sites (tertiary alicyclic amines) is 1. The molecule has 28 heavy (non-hydrogen) atoms. The summed E-state index contributed by atoms with van der Waals surface area (Å²) >= 11 is 0. The third-order valence-corrected chi connectivity index (χ3v) is 4.91. The summed E-state index contributed by atoms with van der Waals surface area (Å²) in [7, 11) is 0. The van der Waals surface area contributed by atoms with Crippen molar-refractivity contribution in [2.75, 3.05) is 13.1 Å². The van der Waals surface area contributed by atoms with Crippen LogP contribution in [0.5, 0.6) is 5.75 Å². The molecule has 0 atom stereocenters. The number of fused-ring (bicyclic) bond motifs is 1. The molecule has 1 saturated heterocycles. The minimum Gasteiger partial charge on any atom is -0.490 e. The van der Waals surface area contributed by atoms with Crippen molar-refractivity contribution >= 4 is 16.8 Å². The van der Waals surface area contributed by atoms with Gasteiger partial charge < -0.3 is 14.2 Å². The van der Waals surface area contributed by atoms with Gasteiger partial charge in [-0.25, -0.2) is 13.8 Å². The number of rotatable bonds is 5. The van der Waals surface area contributed by atoms with Crippen LogP contribution in [0.2, 0.25) is 0 Å². The number of nitrogens with zero attached hydrogens (tertiary/aromatic N) is 4. The molecule has 1 aromatic carbocycles. The van der Waals surface area contributed by atoms with Gasteiger partial charge in [0.05, 0.1) is 18.3 Å². The van der Waals surface area contributed by atoms with E-state index in [4.69, 9.17) is 4.74 Å². The highest BCUT2D eigenvalue weighted by atomic mass is 19.3. The van der Waals surface area contributed by atoms with E-state index in [9.17, 15) is 13.6 Å². The van der Waals surface area contributed by atoms with Crippen molar-refractivity contribution in [3.05, 3.63) is 54.7 Å². The van der Waals surface area contributed by atoms with Gasteiger partial charge in [-0.1, -0.05) is 6.07 Å². The highest BCUT2D eigenvalue weighted by molar-refractivity contribution is 5.92. The smallest absolute Gasteiger partial charge is 0.274 e. The molecule has 1 amide bonds. The summed E-state index contributed by atoms with van der Waals surface area (Å²) in [5.74, 6) is 0.557. The van der Waals surface area contributed by atoms with Crippen molar-refractivity contribution in [2.45, 2.75) is 31.9 Å². The van der Waals surface area contributed by atoms with E-state index < -0.39 is 6.43 Å². The average Bonchev–Trinajstić information content (AvgIpc) is 3.12. The number of ether oxygens (including phenoxy) is 1. The molecule has 1 aliphatic heterocycles. The van der Waals surface area contributed by atoms with Crippen molar-refractivity contribution in [3.8, 4) is 5.75 Å². The van der Waals surface area contributed by atoms with Crippen molar-refractivity contribution in [2.24, 2.45) is 0 Å². The standard InChI is InChI=1S/C20H20F2N4O2/c21-19(22)13-26-11-6-15-17(26)2-1-3-18(15)28-14-4-9-25(10-5-14)20(27)16-12-23-7-8-24-16/h1-3,6-8,11-12,14,19H,4-5,9-10,13H2. The van der Waals surface area contributed by atoms with Gasteiger partial charge in [-0.2, -0.15) is 0 Å². The zero-order chi connectivity index (χ0) is 19.5. The Balaban J connectivity index is 1.41. The minimum atomic E-state index is -2.41. The van der Waals surface area contributed by atoms with Crippen LogP contribution in [0, 0.1) is 0 Å². The largest absolute Gasteiger partial charge is 0.490 e. The molecule has 0 aliphatic carbocycles. The molecule has 4 rings (SSSR count). The summed E-state index contributed by atoms with van der Waals surface area (Å²) in [4.78, 5) is 22.2. The molecule has 3 heterocycles. The Morgan fingerprint density at radius 2 is 2.04 bits per heavy atom. The number of aromatic nitrogens is 3. The molecule has 2 aromatic heterocycles. The fourth-order valence-corrected chi connectivity index (χ4v) is 3.53. The molecule has 1 aliphatic rings. The maximum atomic E-state index is 12.7. The van der Waals surface area contributed by atoms with E-state index in [0.717, 1.165) is 10.9 Å². The number of carbonyl (C=O) groups excluding carboxylic acids is 1. The molecule has 0 saturated carbocycles. The van der Waals surface area contributed by atoms with Crippen molar-refractivity contribution in [1.29, 1.82) is 0 Å². The molecule has 0 N–H and O–H groups in total. The van der Waals surface area contributed by atoms with Gasteiger partial charge in [-0.05, 0) is 18.2 Å². The molecule has 3 aromatic rings. The first-order chi connectivity index (χ1) is 13.6. The van der Waals surface area contributed by atoms with Crippen LogP contribution in [0.1, 0.15) is 23.3 Å². The third kappa shape index (κ3) is 3.81. The van der Waals surface area contributed by atoms with E-state index in [0.29, 0.717) is 37.4 Å². The Morgan fingerprint density at radius 1 is 1.21 bits per heavy atom. The number of hydrogen-bond donors (Lipinski definition) is 0. The van der Waals surface area contributed by atoms with Crippen LogP contribution in [0.4, 0.5) is 8.78 Å². The van der Waals surface area contributed by atoms with Gasteiger partial charge >= 0.3 is 0 Å². The zero-order valence-electron chi connectivity index (χ0n) is 15.2. The first-order valence-electron chi connectivity index (χ1n) is 9.20. The first kappa shape index (κ1) is 18.3. The average molecular weight is 386 g/mol. The van der Waals surface area contributed by atoms with E-state index in [1.54, 1.807) is 17.2 Å². The van der Waals surface area contributed by atoms with E-state index in [-0.39, 0.29) is 18.6 Å². The third-order valence-electron chi connectivity index (χ3n) is 4.91. The van der Waals surface area contributed by atoms with Gasteiger partial charge in [-0.3, -0.25) is 9.78 Å². The lowest BCUT2D eigenvalue weighted by molar-refractivity contribution is 0.0592. The number of benzene rings is 1. The summed E-state index contributed by atoms with van der Waals surface area (Å²) in [5, 5.41) is 0.821. The second-order valence-corrected chi connectivity index (χ2v) is 6.75. The van der Waals surface area contributed by atoms with Crippen LogP contribution in [0.25, 0.3) is 10.9 Å². The van der Waals surface area contributed by atoms with Gasteiger partial charge in [0.15, 0.2) is 0 Å². The molecule has 8 heteroatoms. The summed E-state index contributed by atoms with van der Waals surface area (Å²) < 4.78 is 33.2. The minimum absolute atomic E-state index is 0.0324. The number of hydrogen-bond acceptors (Lipinski definition) is 4. The van der Waals surface area contributed by atoms with E-state index in [2.05, 4.69) is 9.97 Å². The topological polar surface area (TPSA) is 60.3 Å². The van der Waals surface area contributed by atoms with Crippen LogP contribution in [0.15, 0.2) is 49.1 Å². The van der Waals surface area contributed by atoms with Gasteiger partial charge in [0, 0.05) is 49.9 Å². The van der Waals surface area contributed by atoms with Gasteiger partial charge in [0.2, 0.25) is 0 Å². The number of amides is 1. The Bertz CT molecular complexity index is 953. The molecule has 146 valence electrons. The quantitative estimate of drug-likeness (QED) is 0.675. The lowest BCUT2D eigenvalue weighted by Gasteiger charge is -2.32. The van der Waals surface area contributed by atoms with Gasteiger partial charge in [0.25, 0.3) is 12.3 Å². The van der Waals surface area contributed by atoms with Crippen molar-refractivity contribution < 1.29 is 18.3 Å². The monoisotopic (exact) mass is 386 g/mol. The molecular weight excluding hydrogens is 366 g/mol. The molecule has 0 spiro atoms. The van der Waals surface area contributed by atoms with Crippen LogP contribution >= 0.6 is 0 Å². The molecule has 1 fully saturated rings. The van der Waals surface area contributed by atoms with Crippen LogP contribution < -0.4 is 4.74 Å². The highest BCUT2D eigenvalue weighted by Crippen LogP contribution is 2.29. The Hall–Kier alpha value is -3.03. The molecule has 6 nitrogen and oxygen atoms in total. The number of alkyl halides is 2. The molecule has 0 bridgehead atoms. The van der Waals surface area contributed by atoms with Crippen molar-refractivity contribution in [3.63, 3.8) is 0 Å². The lowest BCUT2D eigenvalue weighted by Crippen LogP contribution is -2.42. The number of carbonyl (C=O) groups is 1. The van der Waals surface area contributed by atoms with Crippen LogP contribution in [0.3, 0.4) is 0 Å². The van der Waals surface area contributed by atoms with Crippen molar-refractivity contribution in [1.82, 2.24) is 19.4 Å². The summed E-state index contributed by atoms with van der Waals surface area (Å²) in [5.41, 5.74) is 1.07. The SMILES string of the molecule is O=C(c1cnccn1)N1CCC(Oc2cccc3c2ccn3CC(F)F)CC1. The van der Waals surface area contributed by atoms with E-state index in [1.807, 2.05) is 18.2 Å². The summed E-state index contributed by atoms with van der Waals surface area (Å²) in [6.07, 6.45) is 5.11.